The van der Waals surface area contributed by atoms with Crippen LogP contribution in [0.1, 0.15) is 84.1 Å². The number of carbonyl (C=O) groups is 2. The standard InChI is InChI=1S/C33H51ClN4O3/c1-32(2,3)36-31(41)33(24-8-6-5-7-9-24)14-16-38(17-15-33)30(40)27(19-22-10-12-25(34)13-11-22)35-29(39)26-18-23-20-28(26)37(4)21-23/h10-13,23-24,26-28,31,36,41H,5-9,14-21H2,1-4H3,(H,35,39)/t23-,26-,27+,28-,31?/m0/s1. The molecule has 2 bridgehead atoms. The number of halogens is 1. The Kier molecular flexibility index (Phi) is 9.39. The smallest absolute Gasteiger partial charge is 0.245 e. The van der Waals surface area contributed by atoms with Crippen molar-refractivity contribution >= 4 is 23.4 Å². The van der Waals surface area contributed by atoms with Crippen LogP contribution in [0.5, 0.6) is 0 Å². The molecule has 0 spiro atoms. The number of likely N-dealkylation sites (tertiary alicyclic amines) is 2. The highest BCUT2D eigenvalue weighted by atomic mass is 35.5. The zero-order valence-electron chi connectivity index (χ0n) is 25.5. The molecule has 2 saturated carbocycles. The third kappa shape index (κ3) is 6.95. The molecule has 2 heterocycles. The minimum Gasteiger partial charge on any atom is -0.378 e. The Labute approximate surface area is 251 Å². The summed E-state index contributed by atoms with van der Waals surface area (Å²) in [5.74, 6) is 0.972. The first-order chi connectivity index (χ1) is 19.4. The van der Waals surface area contributed by atoms with Crippen LogP contribution in [0.3, 0.4) is 0 Å². The van der Waals surface area contributed by atoms with Crippen LogP contribution >= 0.6 is 11.6 Å². The second-order valence-electron chi connectivity index (χ2n) is 14.5. The Morgan fingerprint density at radius 2 is 1.73 bits per heavy atom. The van der Waals surface area contributed by atoms with E-state index in [0.29, 0.717) is 36.4 Å². The number of benzene rings is 1. The lowest BCUT2D eigenvalue weighted by Gasteiger charge is -2.52. The van der Waals surface area contributed by atoms with E-state index in [2.05, 4.69) is 43.4 Å². The van der Waals surface area contributed by atoms with Gasteiger partial charge in [-0.3, -0.25) is 14.9 Å². The van der Waals surface area contributed by atoms with Gasteiger partial charge in [0, 0.05) is 48.1 Å². The molecule has 5 rings (SSSR count). The van der Waals surface area contributed by atoms with E-state index in [4.69, 9.17) is 11.6 Å². The van der Waals surface area contributed by atoms with Gasteiger partial charge in [-0.1, -0.05) is 43.0 Å². The highest BCUT2D eigenvalue weighted by molar-refractivity contribution is 6.30. The van der Waals surface area contributed by atoms with Crippen molar-refractivity contribution < 1.29 is 14.7 Å². The number of nitrogens with one attached hydrogen (secondary N) is 2. The Morgan fingerprint density at radius 3 is 2.32 bits per heavy atom. The average molecular weight is 587 g/mol. The lowest BCUT2D eigenvalue weighted by molar-refractivity contribution is -0.145. The van der Waals surface area contributed by atoms with Crippen LogP contribution in [-0.4, -0.2) is 77.3 Å². The van der Waals surface area contributed by atoms with Gasteiger partial charge in [-0.25, -0.2) is 0 Å². The van der Waals surface area contributed by atoms with Crippen molar-refractivity contribution in [3.63, 3.8) is 0 Å². The summed E-state index contributed by atoms with van der Waals surface area (Å²) in [6.07, 6.45) is 9.34. The van der Waals surface area contributed by atoms with Crippen LogP contribution < -0.4 is 10.6 Å². The molecule has 1 aromatic carbocycles. The van der Waals surface area contributed by atoms with E-state index in [0.717, 1.165) is 50.6 Å². The van der Waals surface area contributed by atoms with Crippen molar-refractivity contribution in [3.8, 4) is 0 Å². The quantitative estimate of drug-likeness (QED) is 0.388. The zero-order valence-corrected chi connectivity index (χ0v) is 26.3. The van der Waals surface area contributed by atoms with Crippen LogP contribution in [0.2, 0.25) is 5.02 Å². The SMILES string of the molecule is CN1C[C@H]2C[C@H](C(=O)N[C@H](Cc3ccc(Cl)cc3)C(=O)N3CCC(C4CCCCC4)(C(O)NC(C)(C)C)CC3)[C@@H]1C2. The van der Waals surface area contributed by atoms with Crippen molar-refractivity contribution in [2.75, 3.05) is 26.7 Å². The first-order valence-corrected chi connectivity index (χ1v) is 16.3. The van der Waals surface area contributed by atoms with Crippen LogP contribution in [0.15, 0.2) is 24.3 Å². The fraction of sp³-hybridized carbons (Fsp3) is 0.758. The molecule has 7 nitrogen and oxygen atoms in total. The second kappa shape index (κ2) is 12.5. The molecular formula is C33H51ClN4O3. The number of hydrogen-bond acceptors (Lipinski definition) is 5. The van der Waals surface area contributed by atoms with Gasteiger partial charge in [0.15, 0.2) is 0 Å². The summed E-state index contributed by atoms with van der Waals surface area (Å²) in [4.78, 5) is 32.0. The largest absolute Gasteiger partial charge is 0.378 e. The summed E-state index contributed by atoms with van der Waals surface area (Å²) in [5.41, 5.74) is 0.541. The maximum atomic E-state index is 14.1. The van der Waals surface area contributed by atoms with E-state index < -0.39 is 12.3 Å². The van der Waals surface area contributed by atoms with Gasteiger partial charge in [0.1, 0.15) is 12.3 Å². The Hall–Kier alpha value is -1.67. The lowest BCUT2D eigenvalue weighted by Crippen LogP contribution is -2.61. The molecule has 8 heteroatoms. The topological polar surface area (TPSA) is 84.9 Å². The third-order valence-electron chi connectivity index (χ3n) is 10.6. The van der Waals surface area contributed by atoms with Crippen LogP contribution in [-0.2, 0) is 16.0 Å². The predicted molar refractivity (Wildman–Crippen MR) is 163 cm³/mol. The van der Waals surface area contributed by atoms with Crippen LogP contribution in [0.4, 0.5) is 0 Å². The fourth-order valence-corrected chi connectivity index (χ4v) is 8.54. The third-order valence-corrected chi connectivity index (χ3v) is 10.8. The number of fused-ring (bicyclic) bond motifs is 2. The monoisotopic (exact) mass is 586 g/mol. The van der Waals surface area contributed by atoms with Crippen molar-refractivity contribution in [1.82, 2.24) is 20.4 Å². The van der Waals surface area contributed by atoms with Crippen LogP contribution in [0, 0.1) is 23.2 Å². The van der Waals surface area contributed by atoms with Crippen molar-refractivity contribution in [2.45, 2.75) is 109 Å². The summed E-state index contributed by atoms with van der Waals surface area (Å²) in [6, 6.07) is 7.22. The molecule has 0 radical (unpaired) electrons. The highest BCUT2D eigenvalue weighted by Crippen LogP contribution is 2.48. The average Bonchev–Trinajstić information content (AvgIpc) is 3.53. The first kappa shape index (κ1) is 30.8. The molecule has 3 N–H and O–H groups in total. The molecule has 2 aliphatic heterocycles. The molecule has 4 fully saturated rings. The van der Waals surface area contributed by atoms with Crippen molar-refractivity contribution in [3.05, 3.63) is 34.9 Å². The number of nitrogens with zero attached hydrogens (tertiary/aromatic N) is 2. The zero-order chi connectivity index (χ0) is 29.4. The predicted octanol–water partition coefficient (Wildman–Crippen LogP) is 4.60. The fourth-order valence-electron chi connectivity index (χ4n) is 8.41. The molecule has 2 aliphatic carbocycles. The molecule has 0 aromatic heterocycles. The van der Waals surface area contributed by atoms with Gasteiger partial charge in [0.05, 0.1) is 5.92 Å². The maximum absolute atomic E-state index is 14.1. The molecule has 2 saturated heterocycles. The number of aliphatic hydroxyl groups excluding tert-OH is 1. The molecule has 2 amide bonds. The van der Waals surface area contributed by atoms with Crippen LogP contribution in [0.25, 0.3) is 0 Å². The van der Waals surface area contributed by atoms with Gasteiger partial charge in [-0.2, -0.15) is 0 Å². The Morgan fingerprint density at radius 1 is 1.07 bits per heavy atom. The van der Waals surface area contributed by atoms with Gasteiger partial charge in [0.25, 0.3) is 0 Å². The van der Waals surface area contributed by atoms with E-state index in [9.17, 15) is 14.7 Å². The summed E-state index contributed by atoms with van der Waals surface area (Å²) >= 11 is 6.13. The maximum Gasteiger partial charge on any atom is 0.245 e. The number of aliphatic hydroxyl groups is 1. The number of amides is 2. The summed E-state index contributed by atoms with van der Waals surface area (Å²) < 4.78 is 0. The van der Waals surface area contributed by atoms with E-state index in [1.54, 1.807) is 0 Å². The molecule has 4 aliphatic rings. The van der Waals surface area contributed by atoms with E-state index in [1.807, 2.05) is 29.2 Å². The van der Waals surface area contributed by atoms with Gasteiger partial charge in [-0.15, -0.1) is 0 Å². The number of piperidine rings is 2. The normalized spacial score (nSPS) is 28.4. The molecular weight excluding hydrogens is 536 g/mol. The van der Waals surface area contributed by atoms with Gasteiger partial charge >= 0.3 is 0 Å². The molecule has 41 heavy (non-hydrogen) atoms. The first-order valence-electron chi connectivity index (χ1n) is 15.9. The summed E-state index contributed by atoms with van der Waals surface area (Å²) in [7, 11) is 2.11. The number of carbonyl (C=O) groups excluding carboxylic acids is 2. The minimum absolute atomic E-state index is 0.00900. The summed E-state index contributed by atoms with van der Waals surface area (Å²) in [5, 5.41) is 18.9. The number of rotatable bonds is 8. The van der Waals surface area contributed by atoms with Gasteiger partial charge in [-0.05, 0) is 95.9 Å². The molecule has 1 unspecified atom stereocenters. The molecule has 5 atom stereocenters. The van der Waals surface area contributed by atoms with E-state index in [1.165, 1.54) is 19.3 Å². The second-order valence-corrected chi connectivity index (χ2v) is 15.0. The van der Waals surface area contributed by atoms with Crippen molar-refractivity contribution in [1.29, 1.82) is 0 Å². The van der Waals surface area contributed by atoms with Gasteiger partial charge < -0.3 is 20.2 Å². The Balaban J connectivity index is 1.31. The van der Waals surface area contributed by atoms with E-state index in [-0.39, 0.29) is 34.7 Å². The number of hydrogen-bond donors (Lipinski definition) is 3. The van der Waals surface area contributed by atoms with Crippen molar-refractivity contribution in [2.24, 2.45) is 23.2 Å². The summed E-state index contributed by atoms with van der Waals surface area (Å²) in [6.45, 7) is 8.56. The van der Waals surface area contributed by atoms with Gasteiger partial charge in [0.2, 0.25) is 11.8 Å². The minimum atomic E-state index is -0.618. The van der Waals surface area contributed by atoms with E-state index >= 15 is 0 Å². The lowest BCUT2D eigenvalue weighted by atomic mass is 9.62. The molecule has 228 valence electrons. The highest BCUT2D eigenvalue weighted by Gasteiger charge is 2.50. The molecule has 1 aromatic rings. The Bertz CT molecular complexity index is 1060.